The van der Waals surface area contributed by atoms with Crippen LogP contribution in [0.3, 0.4) is 0 Å². The lowest BCUT2D eigenvalue weighted by molar-refractivity contribution is -0.140. The maximum Gasteiger partial charge on any atom is 0.274 e. The molecule has 0 spiro atoms. The van der Waals surface area contributed by atoms with Crippen LogP contribution in [0.2, 0.25) is 0 Å². The molecule has 130 valence electrons. The second-order valence-electron chi connectivity index (χ2n) is 6.86. The number of rotatable bonds is 2. The molecule has 24 heavy (non-hydrogen) atoms. The van der Waals surface area contributed by atoms with E-state index in [0.29, 0.717) is 38.5 Å². The zero-order chi connectivity index (χ0) is 16.5. The van der Waals surface area contributed by atoms with E-state index in [1.165, 1.54) is 0 Å². The van der Waals surface area contributed by atoms with Crippen molar-refractivity contribution in [1.82, 2.24) is 19.4 Å². The van der Waals surface area contributed by atoms with E-state index in [2.05, 4.69) is 4.98 Å². The molecule has 0 N–H and O–H groups in total. The SMILES string of the molecule is O=C(c1ncn2c1CCC(C(=O)N1CCOCC1)C2)N1CCCC1. The Morgan fingerprint density at radius 2 is 1.83 bits per heavy atom. The highest BCUT2D eigenvalue weighted by atomic mass is 16.5. The molecule has 2 amide bonds. The van der Waals surface area contributed by atoms with E-state index in [1.807, 2.05) is 14.4 Å². The van der Waals surface area contributed by atoms with E-state index in [-0.39, 0.29) is 17.7 Å². The number of carbonyl (C=O) groups is 2. The molecular formula is C17H24N4O3. The van der Waals surface area contributed by atoms with Crippen LogP contribution in [-0.4, -0.2) is 70.6 Å². The highest BCUT2D eigenvalue weighted by Gasteiger charge is 2.33. The van der Waals surface area contributed by atoms with Crippen molar-refractivity contribution < 1.29 is 14.3 Å². The monoisotopic (exact) mass is 332 g/mol. The predicted molar refractivity (Wildman–Crippen MR) is 86.6 cm³/mol. The van der Waals surface area contributed by atoms with Gasteiger partial charge >= 0.3 is 0 Å². The predicted octanol–water partition coefficient (Wildman–Crippen LogP) is 0.540. The van der Waals surface area contributed by atoms with Gasteiger partial charge in [0.15, 0.2) is 0 Å². The molecular weight excluding hydrogens is 308 g/mol. The molecule has 0 aromatic carbocycles. The number of likely N-dealkylation sites (tertiary alicyclic amines) is 1. The summed E-state index contributed by atoms with van der Waals surface area (Å²) < 4.78 is 7.33. The van der Waals surface area contributed by atoms with Crippen LogP contribution in [0, 0.1) is 5.92 Å². The topological polar surface area (TPSA) is 67.7 Å². The zero-order valence-corrected chi connectivity index (χ0v) is 13.9. The summed E-state index contributed by atoms with van der Waals surface area (Å²) in [5.41, 5.74) is 1.59. The quantitative estimate of drug-likeness (QED) is 0.793. The van der Waals surface area contributed by atoms with E-state index in [0.717, 1.165) is 44.5 Å². The van der Waals surface area contributed by atoms with Crippen LogP contribution in [0.25, 0.3) is 0 Å². The summed E-state index contributed by atoms with van der Waals surface area (Å²) >= 11 is 0. The number of fused-ring (bicyclic) bond motifs is 1. The van der Waals surface area contributed by atoms with E-state index in [9.17, 15) is 9.59 Å². The lowest BCUT2D eigenvalue weighted by Gasteiger charge is -2.32. The fourth-order valence-corrected chi connectivity index (χ4v) is 3.96. The Morgan fingerprint density at radius 1 is 1.08 bits per heavy atom. The minimum atomic E-state index is -0.0143. The summed E-state index contributed by atoms with van der Waals surface area (Å²) in [4.78, 5) is 33.5. The van der Waals surface area contributed by atoms with Crippen LogP contribution in [-0.2, 0) is 22.5 Å². The molecule has 0 radical (unpaired) electrons. The molecule has 7 nitrogen and oxygen atoms in total. The summed E-state index contributed by atoms with van der Waals surface area (Å²) in [6, 6.07) is 0. The number of hydrogen-bond donors (Lipinski definition) is 0. The molecule has 0 saturated carbocycles. The van der Waals surface area contributed by atoms with Gasteiger partial charge in [-0.3, -0.25) is 9.59 Å². The van der Waals surface area contributed by atoms with Gasteiger partial charge in [0.05, 0.1) is 31.2 Å². The van der Waals surface area contributed by atoms with Gasteiger partial charge in [0, 0.05) is 32.7 Å². The molecule has 4 heterocycles. The van der Waals surface area contributed by atoms with Crippen molar-refractivity contribution in [2.45, 2.75) is 32.2 Å². The Hall–Kier alpha value is -1.89. The summed E-state index contributed by atoms with van der Waals surface area (Å²) in [6.07, 6.45) is 5.44. The fourth-order valence-electron chi connectivity index (χ4n) is 3.96. The smallest absolute Gasteiger partial charge is 0.274 e. The van der Waals surface area contributed by atoms with Crippen molar-refractivity contribution in [1.29, 1.82) is 0 Å². The van der Waals surface area contributed by atoms with Gasteiger partial charge in [-0.15, -0.1) is 0 Å². The average Bonchev–Trinajstić information content (AvgIpc) is 3.30. The Labute approximate surface area is 141 Å². The molecule has 0 aliphatic carbocycles. The van der Waals surface area contributed by atoms with Crippen LogP contribution in [0.1, 0.15) is 35.4 Å². The minimum Gasteiger partial charge on any atom is -0.378 e. The minimum absolute atomic E-state index is 0.0143. The molecule has 1 unspecified atom stereocenters. The van der Waals surface area contributed by atoms with Crippen molar-refractivity contribution >= 4 is 11.8 Å². The van der Waals surface area contributed by atoms with Gasteiger partial charge in [0.1, 0.15) is 5.69 Å². The van der Waals surface area contributed by atoms with Crippen LogP contribution in [0.5, 0.6) is 0 Å². The van der Waals surface area contributed by atoms with Crippen molar-refractivity contribution in [3.8, 4) is 0 Å². The number of amides is 2. The molecule has 1 aromatic rings. The van der Waals surface area contributed by atoms with Crippen molar-refractivity contribution in [3.05, 3.63) is 17.7 Å². The normalized spacial score (nSPS) is 24.1. The lowest BCUT2D eigenvalue weighted by Crippen LogP contribution is -2.45. The number of aromatic nitrogens is 2. The summed E-state index contributed by atoms with van der Waals surface area (Å²) in [7, 11) is 0. The van der Waals surface area contributed by atoms with Gasteiger partial charge < -0.3 is 19.1 Å². The first-order valence-electron chi connectivity index (χ1n) is 8.94. The average molecular weight is 332 g/mol. The summed E-state index contributed by atoms with van der Waals surface area (Å²) in [5.74, 6) is 0.254. The lowest BCUT2D eigenvalue weighted by atomic mass is 9.95. The number of hydrogen-bond acceptors (Lipinski definition) is 4. The maximum atomic E-state index is 12.7. The number of ether oxygens (including phenoxy) is 1. The number of carbonyl (C=O) groups excluding carboxylic acids is 2. The third-order valence-corrected chi connectivity index (χ3v) is 5.36. The van der Waals surface area contributed by atoms with E-state index >= 15 is 0 Å². The van der Waals surface area contributed by atoms with Crippen molar-refractivity contribution in [2.75, 3.05) is 39.4 Å². The molecule has 2 saturated heterocycles. The van der Waals surface area contributed by atoms with E-state index in [1.54, 1.807) is 6.33 Å². The number of imidazole rings is 1. The molecule has 2 fully saturated rings. The third-order valence-electron chi connectivity index (χ3n) is 5.36. The molecule has 7 heteroatoms. The van der Waals surface area contributed by atoms with Gasteiger partial charge in [-0.25, -0.2) is 4.98 Å². The summed E-state index contributed by atoms with van der Waals surface area (Å²) in [6.45, 7) is 4.93. The van der Waals surface area contributed by atoms with Gasteiger partial charge in [-0.05, 0) is 25.7 Å². The Morgan fingerprint density at radius 3 is 2.58 bits per heavy atom. The molecule has 1 aromatic heterocycles. The van der Waals surface area contributed by atoms with Gasteiger partial charge in [-0.1, -0.05) is 0 Å². The van der Waals surface area contributed by atoms with E-state index in [4.69, 9.17) is 4.74 Å². The standard InChI is InChI=1S/C17H24N4O3/c22-16(20-7-9-24-10-8-20)13-3-4-14-15(18-12-21(14)11-13)17(23)19-5-1-2-6-19/h12-13H,1-11H2. The number of nitrogens with zero attached hydrogens (tertiary/aromatic N) is 4. The molecule has 3 aliphatic heterocycles. The highest BCUT2D eigenvalue weighted by Crippen LogP contribution is 2.25. The number of morpholine rings is 1. The van der Waals surface area contributed by atoms with Gasteiger partial charge in [0.25, 0.3) is 5.91 Å². The fraction of sp³-hybridized carbons (Fsp3) is 0.706. The largest absolute Gasteiger partial charge is 0.378 e. The molecule has 0 bridgehead atoms. The first kappa shape index (κ1) is 15.6. The van der Waals surface area contributed by atoms with Gasteiger partial charge in [0.2, 0.25) is 5.91 Å². The van der Waals surface area contributed by atoms with Crippen LogP contribution >= 0.6 is 0 Å². The highest BCUT2D eigenvalue weighted by molar-refractivity contribution is 5.93. The summed E-state index contributed by atoms with van der Waals surface area (Å²) in [5, 5.41) is 0. The second-order valence-corrected chi connectivity index (χ2v) is 6.86. The molecule has 4 rings (SSSR count). The molecule has 3 aliphatic rings. The first-order valence-corrected chi connectivity index (χ1v) is 8.94. The maximum absolute atomic E-state index is 12.7. The zero-order valence-electron chi connectivity index (χ0n) is 13.9. The van der Waals surface area contributed by atoms with Crippen LogP contribution in [0.15, 0.2) is 6.33 Å². The Balaban J connectivity index is 1.46. The van der Waals surface area contributed by atoms with Crippen LogP contribution < -0.4 is 0 Å². The van der Waals surface area contributed by atoms with Gasteiger partial charge in [-0.2, -0.15) is 0 Å². The van der Waals surface area contributed by atoms with Crippen molar-refractivity contribution in [2.24, 2.45) is 5.92 Å². The van der Waals surface area contributed by atoms with Crippen molar-refractivity contribution in [3.63, 3.8) is 0 Å². The Bertz CT molecular complexity index is 630. The second kappa shape index (κ2) is 6.55. The van der Waals surface area contributed by atoms with Crippen LogP contribution in [0.4, 0.5) is 0 Å². The molecule has 1 atom stereocenters. The van der Waals surface area contributed by atoms with E-state index < -0.39 is 0 Å². The Kier molecular flexibility index (Phi) is 4.26. The third kappa shape index (κ3) is 2.81. The first-order chi connectivity index (χ1) is 11.7.